The molecule has 85 heavy (non-hydrogen) atoms. The highest BCUT2D eigenvalue weighted by Crippen LogP contribution is 2.50. The first kappa shape index (κ1) is 43.0. The summed E-state index contributed by atoms with van der Waals surface area (Å²) < 4.78 is 92.4. The summed E-state index contributed by atoms with van der Waals surface area (Å²) in [4.78, 5) is 4.04. The molecule has 15 aromatic rings. The molecule has 3 heteroatoms. The van der Waals surface area contributed by atoms with Gasteiger partial charge in [0, 0.05) is 63.6 Å². The quantitative estimate of drug-likeness (QED) is 0.171. The molecule has 416 valence electrons. The van der Waals surface area contributed by atoms with Crippen molar-refractivity contribution in [2.75, 3.05) is 0 Å². The molecule has 1 N–H and O–H groups in total. The van der Waals surface area contributed by atoms with E-state index in [0.29, 0.717) is 11.1 Å². The van der Waals surface area contributed by atoms with Crippen LogP contribution in [0.1, 0.15) is 119 Å². The first-order valence-corrected chi connectivity index (χ1v) is 30.4. The number of aromatic nitrogens is 2. The number of hydrogen-bond acceptors (Lipinski definition) is 1. The second kappa shape index (κ2) is 18.9. The van der Waals surface area contributed by atoms with Gasteiger partial charge in [0.25, 0.3) is 0 Å². The minimum Gasteiger partial charge on any atom is -0.354 e. The van der Waals surface area contributed by atoms with Crippen LogP contribution in [-0.2, 0) is 21.7 Å². The van der Waals surface area contributed by atoms with Crippen molar-refractivity contribution in [1.29, 1.82) is 0 Å². The maximum atomic E-state index is 9.07. The summed E-state index contributed by atoms with van der Waals surface area (Å²) in [7, 11) is 0. The Morgan fingerprint density at radius 2 is 0.812 bits per heavy atom. The molecule has 0 aliphatic heterocycles. The number of benzene rings is 11. The van der Waals surface area contributed by atoms with Crippen LogP contribution in [0.3, 0.4) is 0 Å². The summed E-state index contributed by atoms with van der Waals surface area (Å²) in [5.74, 6) is 0. The predicted octanol–water partition coefficient (Wildman–Crippen LogP) is 24.0. The molecule has 0 fully saturated rings. The van der Waals surface area contributed by atoms with Gasteiger partial charge in [-0.3, -0.25) is 0 Å². The summed E-state index contributed by atoms with van der Waals surface area (Å²) in [6.07, 6.45) is 0. The Morgan fingerprint density at radius 3 is 1.39 bits per heavy atom. The van der Waals surface area contributed by atoms with Gasteiger partial charge < -0.3 is 9.38 Å². The Morgan fingerprint density at radius 1 is 0.341 bits per heavy atom. The topological polar surface area (TPSA) is 20.2 Å². The third-order valence-corrected chi connectivity index (χ3v) is 18.9. The highest BCUT2D eigenvalue weighted by atomic mass is 32.1. The van der Waals surface area contributed by atoms with Crippen LogP contribution in [0.15, 0.2) is 212 Å². The van der Waals surface area contributed by atoms with Crippen molar-refractivity contribution in [2.45, 2.75) is 105 Å². The molecule has 0 spiro atoms. The lowest BCUT2D eigenvalue weighted by atomic mass is 9.78. The molecule has 0 unspecified atom stereocenters. The number of thiophene rings is 1. The van der Waals surface area contributed by atoms with Crippen molar-refractivity contribution >= 4 is 91.4 Å². The number of fused-ring (bicyclic) bond motifs is 12. The molecule has 4 heterocycles. The first-order chi connectivity index (χ1) is 44.7. The van der Waals surface area contributed by atoms with E-state index in [2.05, 4.69) is 214 Å². The van der Waals surface area contributed by atoms with Crippen LogP contribution in [0.25, 0.3) is 147 Å². The Bertz CT molecular complexity index is 5630. The van der Waals surface area contributed by atoms with E-state index in [1.54, 1.807) is 29.5 Å². The monoisotopic (exact) mass is 1130 g/mol. The van der Waals surface area contributed by atoms with Gasteiger partial charge in [-0.1, -0.05) is 222 Å². The number of hydrogen-bond donors (Lipinski definition) is 1. The highest BCUT2D eigenvalue weighted by Gasteiger charge is 2.27. The van der Waals surface area contributed by atoms with Crippen LogP contribution in [0.5, 0.6) is 0 Å². The molecule has 0 bridgehead atoms. The average molecular weight is 1130 g/mol. The van der Waals surface area contributed by atoms with E-state index in [4.69, 9.17) is 13.7 Å². The van der Waals surface area contributed by atoms with E-state index in [1.165, 1.54) is 60.6 Å². The molecule has 0 aliphatic carbocycles. The summed E-state index contributed by atoms with van der Waals surface area (Å²) in [6.45, 7) is 27.6. The van der Waals surface area contributed by atoms with Gasteiger partial charge >= 0.3 is 0 Å². The summed E-state index contributed by atoms with van der Waals surface area (Å²) in [5.41, 5.74) is 18.5. The highest BCUT2D eigenvalue weighted by molar-refractivity contribution is 7.26. The van der Waals surface area contributed by atoms with Crippen molar-refractivity contribution in [3.8, 4) is 66.8 Å². The average Bonchev–Trinajstić information content (AvgIpc) is 1.53. The Labute approximate surface area is 517 Å². The van der Waals surface area contributed by atoms with E-state index in [-0.39, 0.29) is 43.9 Å². The fourth-order valence-electron chi connectivity index (χ4n) is 12.9. The van der Waals surface area contributed by atoms with Crippen LogP contribution in [0, 0.1) is 0 Å². The molecule has 0 saturated heterocycles. The number of H-pyrrole nitrogens is 1. The SMILES string of the molecule is [2H]c1c([2H])c([2H])c(-c2cc(-c3cccc(-c4c5[nH]c6cc7c8cc(-c9cc(C(C)(C)C)cc(C(C)(C)C)c9)cc9c%10cc(-c%11cc(C(C)(C)C)cc(C(C)(C)C)c%11)ccc%10n(c7cc6c5cc5c4sc4ccccc45)c98)c3)cc(-c3c([2H])c([2H])c([2H])c([2H])c3[2H])c2)c([2H])c1[2H]. The van der Waals surface area contributed by atoms with Gasteiger partial charge in [0.2, 0.25) is 0 Å². The lowest BCUT2D eigenvalue weighted by molar-refractivity contribution is 0.568. The number of rotatable bonds is 6. The Balaban J connectivity index is 1.00. The van der Waals surface area contributed by atoms with E-state index in [0.717, 1.165) is 75.1 Å². The normalized spacial score (nSPS) is 14.6. The minimum absolute atomic E-state index is 0.0539. The van der Waals surface area contributed by atoms with Crippen molar-refractivity contribution in [1.82, 2.24) is 9.38 Å². The van der Waals surface area contributed by atoms with Crippen molar-refractivity contribution in [3.05, 3.63) is 234 Å². The fraction of sp³-hybridized carbons (Fsp3) is 0.195. The Kier molecular flexibility index (Phi) is 9.54. The van der Waals surface area contributed by atoms with Crippen LogP contribution in [0.4, 0.5) is 0 Å². The largest absolute Gasteiger partial charge is 0.354 e. The number of nitrogens with zero attached hydrogens (tertiary/aromatic N) is 1. The van der Waals surface area contributed by atoms with Gasteiger partial charge in [-0.25, -0.2) is 0 Å². The third-order valence-electron chi connectivity index (χ3n) is 17.7. The smallest absolute Gasteiger partial charge is 0.0629 e. The first-order valence-electron chi connectivity index (χ1n) is 34.5. The van der Waals surface area contributed by atoms with Gasteiger partial charge in [0.1, 0.15) is 0 Å². The van der Waals surface area contributed by atoms with Gasteiger partial charge in [-0.05, 0) is 178 Å². The van der Waals surface area contributed by atoms with E-state index in [9.17, 15) is 0 Å². The standard InChI is InChI=1S/C82H72N2S/c1-79(2,3)59-36-56(37-60(43-59)80(4,5)6)51-30-31-72-65(40-51)68-41-58(57-38-61(81(7,8)9)44-62(39-57)82(10,11)12)42-69-66-46-71-64(47-73(66)84(72)77(68)69)67-45-70-63-28-19-20-29-74(63)85-78(70)75(76(67)83-71)52-27-21-26-50(32-52)55-34-53(48-22-15-13-16-23-48)33-54(35-55)49-24-17-14-18-25-49/h13-47,83H,1-12H3/i13D,14D,15D,16D,17D,18D,22D,23D,24D,25D. The van der Waals surface area contributed by atoms with Crippen molar-refractivity contribution in [2.24, 2.45) is 0 Å². The van der Waals surface area contributed by atoms with Gasteiger partial charge in [-0.2, -0.15) is 0 Å². The van der Waals surface area contributed by atoms with E-state index < -0.39 is 60.4 Å². The molecule has 0 radical (unpaired) electrons. The molecular weight excluding hydrogens is 1040 g/mol. The van der Waals surface area contributed by atoms with E-state index in [1.807, 2.05) is 12.1 Å². The molecule has 4 aromatic heterocycles. The maximum Gasteiger partial charge on any atom is 0.0629 e. The lowest BCUT2D eigenvalue weighted by Gasteiger charge is -2.26. The number of nitrogens with one attached hydrogen (secondary N) is 1. The molecular formula is C82H72N2S. The zero-order valence-electron chi connectivity index (χ0n) is 60.3. The van der Waals surface area contributed by atoms with Gasteiger partial charge in [0.15, 0.2) is 0 Å². The molecule has 2 nitrogen and oxygen atoms in total. The zero-order valence-corrected chi connectivity index (χ0v) is 51.1. The second-order valence-corrected chi connectivity index (χ2v) is 28.7. The molecule has 0 amide bonds. The molecule has 15 rings (SSSR count). The lowest BCUT2D eigenvalue weighted by Crippen LogP contribution is -2.16. The van der Waals surface area contributed by atoms with Crippen LogP contribution >= 0.6 is 11.3 Å². The second-order valence-electron chi connectivity index (χ2n) is 27.7. The van der Waals surface area contributed by atoms with Crippen LogP contribution in [0.2, 0.25) is 0 Å². The van der Waals surface area contributed by atoms with Gasteiger partial charge in [0.05, 0.1) is 35.8 Å². The van der Waals surface area contributed by atoms with E-state index >= 15 is 0 Å². The molecule has 0 aliphatic rings. The van der Waals surface area contributed by atoms with Crippen LogP contribution < -0.4 is 0 Å². The molecule has 0 atom stereocenters. The predicted molar refractivity (Wildman–Crippen MR) is 371 cm³/mol. The maximum absolute atomic E-state index is 9.07. The zero-order chi connectivity index (χ0) is 67.3. The summed E-state index contributed by atoms with van der Waals surface area (Å²) in [6, 6.07) is 50.3. The minimum atomic E-state index is -0.536. The van der Waals surface area contributed by atoms with Crippen molar-refractivity contribution < 1.29 is 13.7 Å². The van der Waals surface area contributed by atoms with Crippen molar-refractivity contribution in [3.63, 3.8) is 0 Å². The van der Waals surface area contributed by atoms with Crippen LogP contribution in [-0.4, -0.2) is 9.38 Å². The fourth-order valence-corrected chi connectivity index (χ4v) is 14.2. The Hall–Kier alpha value is -8.76. The van der Waals surface area contributed by atoms with Gasteiger partial charge in [-0.15, -0.1) is 11.3 Å². The molecule has 0 saturated carbocycles. The molecule has 11 aromatic carbocycles. The number of aromatic amines is 1. The third kappa shape index (κ3) is 8.88. The summed E-state index contributed by atoms with van der Waals surface area (Å²) >= 11 is 1.73. The summed E-state index contributed by atoms with van der Waals surface area (Å²) in [5, 5.41) is 9.08.